The molecule has 0 bridgehead atoms. The van der Waals surface area contributed by atoms with Crippen LogP contribution in [0.2, 0.25) is 8.26 Å². The minimum atomic E-state index is -2.29. The van der Waals surface area contributed by atoms with Crippen LogP contribution >= 0.6 is 0 Å². The largest absolute Gasteiger partial charge is 1.00 e. The predicted octanol–water partition coefficient (Wildman–Crippen LogP) is -2.21. The smallest absolute Gasteiger partial charge is 1.00 e. The fraction of sp³-hybridized carbons (Fsp3) is 0.200. The molecule has 2 aliphatic carbocycles. The maximum atomic E-state index is 2.45. The van der Waals surface area contributed by atoms with E-state index in [0.717, 1.165) is 12.8 Å². The monoisotopic (exact) mass is 418 g/mol. The number of rotatable bonds is 2. The third-order valence-corrected chi connectivity index (χ3v) is 16.3. The van der Waals surface area contributed by atoms with Gasteiger partial charge in [0.15, 0.2) is 0 Å². The van der Waals surface area contributed by atoms with E-state index in [-0.39, 0.29) is 24.8 Å². The molecule has 0 amide bonds. The van der Waals surface area contributed by atoms with E-state index in [9.17, 15) is 0 Å². The van der Waals surface area contributed by atoms with Crippen molar-refractivity contribution in [1.29, 1.82) is 0 Å². The summed E-state index contributed by atoms with van der Waals surface area (Å²) >= 11 is -2.29. The minimum Gasteiger partial charge on any atom is -1.00 e. The fourth-order valence-electron chi connectivity index (χ4n) is 4.23. The first kappa shape index (κ1) is 17.2. The van der Waals surface area contributed by atoms with Gasteiger partial charge >= 0.3 is 131 Å². The van der Waals surface area contributed by atoms with Gasteiger partial charge in [0.25, 0.3) is 0 Å². The van der Waals surface area contributed by atoms with E-state index in [0.29, 0.717) is 0 Å². The van der Waals surface area contributed by atoms with E-state index in [1.165, 1.54) is 8.26 Å². The van der Waals surface area contributed by atoms with Crippen molar-refractivity contribution in [3.63, 3.8) is 0 Å². The van der Waals surface area contributed by atoms with E-state index in [1.54, 1.807) is 28.8 Å². The van der Waals surface area contributed by atoms with Crippen molar-refractivity contribution in [2.75, 3.05) is 0 Å². The molecule has 23 heavy (non-hydrogen) atoms. The first-order valence-electron chi connectivity index (χ1n) is 7.96. The van der Waals surface area contributed by atoms with E-state index in [1.807, 2.05) is 0 Å². The Labute approximate surface area is 154 Å². The van der Waals surface area contributed by atoms with Crippen molar-refractivity contribution in [2.24, 2.45) is 0 Å². The van der Waals surface area contributed by atoms with Crippen molar-refractivity contribution in [2.45, 2.75) is 21.1 Å². The van der Waals surface area contributed by atoms with Gasteiger partial charge in [-0.05, 0) is 0 Å². The van der Waals surface area contributed by atoms with Crippen LogP contribution < -0.4 is 31.4 Å². The topological polar surface area (TPSA) is 0 Å². The zero-order valence-corrected chi connectivity index (χ0v) is 16.8. The standard InChI is InChI=1S/2C9H7.C2H4.2ClH.Zr/c2*1-2-5-9-7-3-6-8(9)4-1;1-2;;;/h2*1-4,7H,6H2;1-2H2;2*1H;/q;;;;;+2/p-2. The van der Waals surface area contributed by atoms with Crippen LogP contribution in [-0.2, 0) is 33.1 Å². The predicted molar refractivity (Wildman–Crippen MR) is 87.2 cm³/mol. The summed E-state index contributed by atoms with van der Waals surface area (Å²) in [5, 5.41) is 0. The summed E-state index contributed by atoms with van der Waals surface area (Å²) in [6.07, 6.45) is 11.7. The Bertz CT molecular complexity index is 751. The summed E-state index contributed by atoms with van der Waals surface area (Å²) in [5.41, 5.74) is 6.29. The molecule has 3 aliphatic rings. The number of halogens is 2. The van der Waals surface area contributed by atoms with Crippen LogP contribution in [-0.4, -0.2) is 0 Å². The summed E-state index contributed by atoms with van der Waals surface area (Å²) in [7, 11) is 0. The van der Waals surface area contributed by atoms with Gasteiger partial charge in [0.2, 0.25) is 0 Å². The maximum absolute atomic E-state index is 2.45. The van der Waals surface area contributed by atoms with Gasteiger partial charge in [0.1, 0.15) is 0 Å². The van der Waals surface area contributed by atoms with Gasteiger partial charge in [-0.25, -0.2) is 0 Å². The molecule has 0 aromatic heterocycles. The summed E-state index contributed by atoms with van der Waals surface area (Å²) in [6, 6.07) is 14.1. The molecule has 5 rings (SSSR count). The molecule has 0 spiro atoms. The zero-order chi connectivity index (χ0) is 13.9. The van der Waals surface area contributed by atoms with E-state index in [2.05, 4.69) is 60.7 Å². The van der Waals surface area contributed by atoms with Crippen LogP contribution in [0.3, 0.4) is 0 Å². The molecule has 1 heterocycles. The Morgan fingerprint density at radius 3 is 1.57 bits per heavy atom. The molecular formula is C20H18Cl2Zr. The molecule has 116 valence electrons. The van der Waals surface area contributed by atoms with Crippen molar-refractivity contribution in [1.82, 2.24) is 0 Å². The first-order valence-corrected chi connectivity index (χ1v) is 13.9. The van der Waals surface area contributed by atoms with Crippen LogP contribution in [0.25, 0.3) is 12.2 Å². The van der Waals surface area contributed by atoms with E-state index >= 15 is 0 Å². The summed E-state index contributed by atoms with van der Waals surface area (Å²) in [5.74, 6) is 0. The van der Waals surface area contributed by atoms with Crippen molar-refractivity contribution >= 4 is 18.7 Å². The minimum absolute atomic E-state index is 0. The molecule has 1 aliphatic heterocycles. The number of fused-ring (bicyclic) bond motifs is 2. The quantitative estimate of drug-likeness (QED) is 0.517. The summed E-state index contributed by atoms with van der Waals surface area (Å²) < 4.78 is 6.54. The number of hydrogen-bond donors (Lipinski definition) is 0. The van der Waals surface area contributed by atoms with Crippen LogP contribution in [0.4, 0.5) is 0 Å². The molecule has 2 aromatic carbocycles. The Hall–Kier alpha value is -0.617. The van der Waals surface area contributed by atoms with Crippen LogP contribution in [0.15, 0.2) is 48.6 Å². The molecule has 0 N–H and O–H groups in total. The van der Waals surface area contributed by atoms with Crippen LogP contribution in [0, 0.1) is 0 Å². The average molecular weight is 420 g/mol. The van der Waals surface area contributed by atoms with Gasteiger partial charge in [0, 0.05) is 0 Å². The zero-order valence-electron chi connectivity index (χ0n) is 12.9. The molecule has 0 radical (unpaired) electrons. The van der Waals surface area contributed by atoms with Gasteiger partial charge < -0.3 is 24.8 Å². The third kappa shape index (κ3) is 2.53. The number of hydrogen-bond acceptors (Lipinski definition) is 0. The average Bonchev–Trinajstić information content (AvgIpc) is 2.97. The molecular weight excluding hydrogens is 402 g/mol. The molecule has 0 saturated carbocycles. The molecule has 1 fully saturated rings. The molecule has 0 unspecified atom stereocenters. The molecule has 0 nitrogen and oxygen atoms in total. The normalized spacial score (nSPS) is 16.5. The van der Waals surface area contributed by atoms with Gasteiger partial charge in [-0.15, -0.1) is 0 Å². The van der Waals surface area contributed by atoms with Crippen LogP contribution in [0.5, 0.6) is 0 Å². The van der Waals surface area contributed by atoms with Gasteiger partial charge in [-0.1, -0.05) is 0 Å². The van der Waals surface area contributed by atoms with Gasteiger partial charge in [0.05, 0.1) is 0 Å². The number of allylic oxidation sites excluding steroid dienone is 2. The van der Waals surface area contributed by atoms with Gasteiger partial charge in [-0.3, -0.25) is 0 Å². The van der Waals surface area contributed by atoms with Crippen molar-refractivity contribution in [3.05, 3.63) is 70.8 Å². The third-order valence-electron chi connectivity index (χ3n) is 5.42. The molecule has 1 saturated heterocycles. The molecule has 2 aromatic rings. The summed E-state index contributed by atoms with van der Waals surface area (Å²) in [6.45, 7) is 0. The van der Waals surface area contributed by atoms with Crippen molar-refractivity contribution < 1.29 is 45.1 Å². The molecule has 3 heteroatoms. The second kappa shape index (κ2) is 6.36. The van der Waals surface area contributed by atoms with Gasteiger partial charge in [-0.2, -0.15) is 0 Å². The Balaban J connectivity index is 0.000000781. The van der Waals surface area contributed by atoms with E-state index < -0.39 is 20.3 Å². The second-order valence-electron chi connectivity index (χ2n) is 6.55. The Morgan fingerprint density at radius 2 is 1.13 bits per heavy atom. The maximum Gasteiger partial charge on any atom is -1.00 e. The Kier molecular flexibility index (Phi) is 4.76. The van der Waals surface area contributed by atoms with E-state index in [4.69, 9.17) is 0 Å². The first-order chi connectivity index (χ1) is 10.4. The SMILES string of the molecule is C1=Cc2c(ccc[c]2[Zr+2]2([c]3cccc4c3C=CC4)[CH2][CH2]2)C1.[Cl-].[Cl-]. The van der Waals surface area contributed by atoms with Crippen LogP contribution in [0.1, 0.15) is 22.3 Å². The Morgan fingerprint density at radius 1 is 0.652 bits per heavy atom. The van der Waals surface area contributed by atoms with Crippen molar-refractivity contribution in [3.8, 4) is 0 Å². The summed E-state index contributed by atoms with van der Waals surface area (Å²) in [4.78, 5) is 0. The second-order valence-corrected chi connectivity index (χ2v) is 17.0. The number of benzene rings is 2. The fourth-order valence-corrected chi connectivity index (χ4v) is 17.6. The molecule has 0 atom stereocenters.